The van der Waals surface area contributed by atoms with Gasteiger partial charge in [0.15, 0.2) is 0 Å². The number of anilines is 1. The molecule has 0 radical (unpaired) electrons. The fraction of sp³-hybridized carbons (Fsp3) is 0.238. The molecule has 2 N–H and O–H groups in total. The minimum Gasteiger partial charge on any atom is -0.506 e. The van der Waals surface area contributed by atoms with Crippen LogP contribution in [-0.2, 0) is 9.59 Å². The van der Waals surface area contributed by atoms with Crippen LogP contribution < -0.4 is 5.32 Å². The van der Waals surface area contributed by atoms with Crippen molar-refractivity contribution in [3.8, 4) is 5.75 Å². The summed E-state index contributed by atoms with van der Waals surface area (Å²) in [7, 11) is 0. The highest BCUT2D eigenvalue weighted by Gasteiger charge is 2.26. The number of nitrogens with zero attached hydrogens (tertiary/aromatic N) is 1. The zero-order valence-electron chi connectivity index (χ0n) is 14.8. The first-order valence-corrected chi connectivity index (χ1v) is 9.63. The van der Waals surface area contributed by atoms with E-state index in [4.69, 9.17) is 0 Å². The highest BCUT2D eigenvalue weighted by atomic mass is 79.9. The summed E-state index contributed by atoms with van der Waals surface area (Å²) >= 11 is 3.41. The zero-order valence-corrected chi connectivity index (χ0v) is 16.4. The van der Waals surface area contributed by atoms with Crippen LogP contribution in [0.5, 0.6) is 5.75 Å². The molecule has 27 heavy (non-hydrogen) atoms. The van der Waals surface area contributed by atoms with Crippen molar-refractivity contribution in [2.75, 3.05) is 18.4 Å². The molecule has 0 bridgehead atoms. The number of para-hydroxylation sites is 2. The molecule has 1 aliphatic heterocycles. The normalized spacial score (nSPS) is 15.1. The Morgan fingerprint density at radius 2 is 1.85 bits per heavy atom. The van der Waals surface area contributed by atoms with E-state index in [2.05, 4.69) is 21.2 Å². The van der Waals surface area contributed by atoms with Gasteiger partial charge >= 0.3 is 0 Å². The molecule has 0 unspecified atom stereocenters. The summed E-state index contributed by atoms with van der Waals surface area (Å²) in [6.07, 6.45) is 4.58. The Kier molecular flexibility index (Phi) is 6.29. The van der Waals surface area contributed by atoms with Crippen LogP contribution in [0.2, 0.25) is 0 Å². The maximum Gasteiger partial charge on any atom is 0.246 e. The summed E-state index contributed by atoms with van der Waals surface area (Å²) in [5.41, 5.74) is 1.37. The van der Waals surface area contributed by atoms with E-state index in [1.54, 1.807) is 35.3 Å². The fourth-order valence-electron chi connectivity index (χ4n) is 3.06. The summed E-state index contributed by atoms with van der Waals surface area (Å²) < 4.78 is 0.966. The van der Waals surface area contributed by atoms with Gasteiger partial charge in [0.1, 0.15) is 5.75 Å². The molecule has 2 aromatic rings. The average Bonchev–Trinajstić information content (AvgIpc) is 2.68. The molecule has 1 saturated heterocycles. The molecule has 5 nitrogen and oxygen atoms in total. The van der Waals surface area contributed by atoms with Gasteiger partial charge in [-0.1, -0.05) is 40.2 Å². The SMILES string of the molecule is O=C(Nc1ccccc1O)C1CCN(C(=O)C=Cc2cccc(Br)c2)CC1. The van der Waals surface area contributed by atoms with Crippen molar-refractivity contribution >= 4 is 39.5 Å². The molecular formula is C21H21BrN2O3. The molecule has 140 valence electrons. The number of halogens is 1. The van der Waals surface area contributed by atoms with Crippen molar-refractivity contribution in [3.05, 3.63) is 64.6 Å². The number of amides is 2. The Bertz CT molecular complexity index is 858. The number of rotatable bonds is 4. The number of likely N-dealkylation sites (tertiary alicyclic amines) is 1. The van der Waals surface area contributed by atoms with Crippen LogP contribution in [-0.4, -0.2) is 34.9 Å². The van der Waals surface area contributed by atoms with Crippen molar-refractivity contribution in [3.63, 3.8) is 0 Å². The first-order chi connectivity index (χ1) is 13.0. The minimum absolute atomic E-state index is 0.0467. The summed E-state index contributed by atoms with van der Waals surface area (Å²) in [5.74, 6) is -0.276. The number of piperidine rings is 1. The maximum absolute atomic E-state index is 12.4. The van der Waals surface area contributed by atoms with Crippen molar-refractivity contribution in [2.45, 2.75) is 12.8 Å². The van der Waals surface area contributed by atoms with Gasteiger partial charge in [0, 0.05) is 29.6 Å². The van der Waals surface area contributed by atoms with Crippen molar-refractivity contribution < 1.29 is 14.7 Å². The lowest BCUT2D eigenvalue weighted by Crippen LogP contribution is -2.40. The van der Waals surface area contributed by atoms with Crippen LogP contribution >= 0.6 is 15.9 Å². The van der Waals surface area contributed by atoms with Gasteiger partial charge in [-0.3, -0.25) is 9.59 Å². The molecule has 2 amide bonds. The third kappa shape index (κ3) is 5.20. The number of benzene rings is 2. The Balaban J connectivity index is 1.51. The van der Waals surface area contributed by atoms with E-state index in [-0.39, 0.29) is 23.5 Å². The number of nitrogens with one attached hydrogen (secondary N) is 1. The number of hydrogen-bond donors (Lipinski definition) is 2. The largest absolute Gasteiger partial charge is 0.506 e. The molecule has 0 aromatic heterocycles. The standard InChI is InChI=1S/C21H21BrN2O3/c22-17-5-3-4-15(14-17)8-9-20(26)24-12-10-16(11-13-24)21(27)23-18-6-1-2-7-19(18)25/h1-9,14,16,25H,10-13H2,(H,23,27). The Morgan fingerprint density at radius 3 is 2.56 bits per heavy atom. The first-order valence-electron chi connectivity index (χ1n) is 8.84. The van der Waals surface area contributed by atoms with Crippen molar-refractivity contribution in [2.24, 2.45) is 5.92 Å². The highest BCUT2D eigenvalue weighted by molar-refractivity contribution is 9.10. The number of aromatic hydroxyl groups is 1. The minimum atomic E-state index is -0.164. The van der Waals surface area contributed by atoms with E-state index in [0.29, 0.717) is 31.6 Å². The third-order valence-corrected chi connectivity index (χ3v) is 5.10. The van der Waals surface area contributed by atoms with E-state index in [1.807, 2.05) is 24.3 Å². The molecule has 6 heteroatoms. The molecule has 1 heterocycles. The topological polar surface area (TPSA) is 69.6 Å². The van der Waals surface area contributed by atoms with Crippen LogP contribution in [0.4, 0.5) is 5.69 Å². The quantitative estimate of drug-likeness (QED) is 0.569. The Labute approximate surface area is 166 Å². The predicted molar refractivity (Wildman–Crippen MR) is 109 cm³/mol. The summed E-state index contributed by atoms with van der Waals surface area (Å²) in [6.45, 7) is 1.08. The molecule has 1 aliphatic rings. The molecule has 1 fully saturated rings. The molecular weight excluding hydrogens is 408 g/mol. The lowest BCUT2D eigenvalue weighted by Gasteiger charge is -2.30. The van der Waals surface area contributed by atoms with Crippen molar-refractivity contribution in [1.29, 1.82) is 0 Å². The zero-order chi connectivity index (χ0) is 19.2. The lowest BCUT2D eigenvalue weighted by molar-refractivity contribution is -0.130. The molecule has 0 saturated carbocycles. The highest BCUT2D eigenvalue weighted by Crippen LogP contribution is 2.25. The second-order valence-corrected chi connectivity index (χ2v) is 7.41. The van der Waals surface area contributed by atoms with Gasteiger partial charge in [-0.15, -0.1) is 0 Å². The molecule has 2 aromatic carbocycles. The Hall–Kier alpha value is -2.60. The number of hydrogen-bond acceptors (Lipinski definition) is 3. The molecule has 0 atom stereocenters. The summed E-state index contributed by atoms with van der Waals surface area (Å²) in [4.78, 5) is 26.5. The van der Waals surface area contributed by atoms with Gasteiger partial charge in [-0.05, 0) is 48.7 Å². The van der Waals surface area contributed by atoms with Gasteiger partial charge in [0.25, 0.3) is 0 Å². The number of phenols is 1. The van der Waals surface area contributed by atoms with Crippen LogP contribution in [0.15, 0.2) is 59.1 Å². The van der Waals surface area contributed by atoms with Crippen molar-refractivity contribution in [1.82, 2.24) is 4.90 Å². The van der Waals surface area contributed by atoms with E-state index < -0.39 is 0 Å². The van der Waals surface area contributed by atoms with E-state index in [1.165, 1.54) is 6.07 Å². The van der Waals surface area contributed by atoms with Crippen LogP contribution in [0.25, 0.3) is 6.08 Å². The van der Waals surface area contributed by atoms with E-state index >= 15 is 0 Å². The monoisotopic (exact) mass is 428 g/mol. The van der Waals surface area contributed by atoms with Gasteiger partial charge in [-0.25, -0.2) is 0 Å². The van der Waals surface area contributed by atoms with Gasteiger partial charge in [0.2, 0.25) is 11.8 Å². The van der Waals surface area contributed by atoms with Gasteiger partial charge in [-0.2, -0.15) is 0 Å². The Morgan fingerprint density at radius 1 is 1.11 bits per heavy atom. The van der Waals surface area contributed by atoms with E-state index in [0.717, 1.165) is 10.0 Å². The second kappa shape index (κ2) is 8.86. The predicted octanol–water partition coefficient (Wildman–Crippen LogP) is 4.05. The van der Waals surface area contributed by atoms with Gasteiger partial charge < -0.3 is 15.3 Å². The summed E-state index contributed by atoms with van der Waals surface area (Å²) in [6, 6.07) is 14.4. The summed E-state index contributed by atoms with van der Waals surface area (Å²) in [5, 5.41) is 12.5. The van der Waals surface area contributed by atoms with Crippen LogP contribution in [0.1, 0.15) is 18.4 Å². The van der Waals surface area contributed by atoms with Crippen LogP contribution in [0.3, 0.4) is 0 Å². The first kappa shape index (κ1) is 19.2. The van der Waals surface area contributed by atoms with Crippen LogP contribution in [0, 0.1) is 5.92 Å². The van der Waals surface area contributed by atoms with Gasteiger partial charge in [0.05, 0.1) is 5.69 Å². The number of phenolic OH excluding ortho intramolecular Hbond substituents is 1. The number of carbonyl (C=O) groups is 2. The number of carbonyl (C=O) groups excluding carboxylic acids is 2. The third-order valence-electron chi connectivity index (χ3n) is 4.61. The maximum atomic E-state index is 12.4. The fourth-order valence-corrected chi connectivity index (χ4v) is 3.48. The molecule has 0 spiro atoms. The second-order valence-electron chi connectivity index (χ2n) is 6.49. The smallest absolute Gasteiger partial charge is 0.246 e. The average molecular weight is 429 g/mol. The molecule has 0 aliphatic carbocycles. The molecule has 3 rings (SSSR count). The lowest BCUT2D eigenvalue weighted by atomic mass is 9.95. The van der Waals surface area contributed by atoms with E-state index in [9.17, 15) is 14.7 Å².